The molecular formula is C10H17N. The first-order valence-corrected chi connectivity index (χ1v) is 4.39. The fourth-order valence-corrected chi connectivity index (χ4v) is 1.02. The van der Waals surface area contributed by atoms with Gasteiger partial charge < -0.3 is 0 Å². The first-order chi connectivity index (χ1) is 5.41. The van der Waals surface area contributed by atoms with Gasteiger partial charge >= 0.3 is 0 Å². The van der Waals surface area contributed by atoms with Crippen molar-refractivity contribution in [3.05, 3.63) is 12.7 Å². The number of rotatable bonds is 7. The summed E-state index contributed by atoms with van der Waals surface area (Å²) in [6.07, 6.45) is 9.94. The molecule has 0 amide bonds. The van der Waals surface area contributed by atoms with Crippen LogP contribution in [0, 0.1) is 11.3 Å². The van der Waals surface area contributed by atoms with Crippen molar-refractivity contribution in [1.29, 1.82) is 5.26 Å². The average Bonchev–Trinajstić information content (AvgIpc) is 2.03. The van der Waals surface area contributed by atoms with Crippen molar-refractivity contribution in [1.82, 2.24) is 0 Å². The fourth-order valence-electron chi connectivity index (χ4n) is 1.02. The van der Waals surface area contributed by atoms with E-state index in [2.05, 4.69) is 12.6 Å². The van der Waals surface area contributed by atoms with E-state index in [1.807, 2.05) is 6.08 Å². The molecule has 1 heteroatoms. The van der Waals surface area contributed by atoms with Gasteiger partial charge in [0.1, 0.15) is 0 Å². The number of hydrogen-bond acceptors (Lipinski definition) is 1. The molecule has 62 valence electrons. The van der Waals surface area contributed by atoms with Crippen LogP contribution in [-0.2, 0) is 0 Å². The van der Waals surface area contributed by atoms with E-state index in [0.717, 1.165) is 19.3 Å². The van der Waals surface area contributed by atoms with E-state index in [1.54, 1.807) is 0 Å². The van der Waals surface area contributed by atoms with Gasteiger partial charge in [-0.2, -0.15) is 5.26 Å². The molecule has 0 aromatic carbocycles. The zero-order chi connectivity index (χ0) is 8.36. The molecule has 0 atom stereocenters. The molecular weight excluding hydrogens is 134 g/mol. The molecule has 0 saturated heterocycles. The van der Waals surface area contributed by atoms with Crippen LogP contribution < -0.4 is 0 Å². The van der Waals surface area contributed by atoms with E-state index < -0.39 is 0 Å². The largest absolute Gasteiger partial charge is 0.198 e. The first-order valence-electron chi connectivity index (χ1n) is 4.39. The maximum absolute atomic E-state index is 8.24. The Bertz CT molecular complexity index is 121. The molecule has 0 aliphatic rings. The highest BCUT2D eigenvalue weighted by Gasteiger charge is 1.88. The highest BCUT2D eigenvalue weighted by molar-refractivity contribution is 4.68. The summed E-state index contributed by atoms with van der Waals surface area (Å²) in [4.78, 5) is 0. The van der Waals surface area contributed by atoms with Gasteiger partial charge in [-0.05, 0) is 19.3 Å². The van der Waals surface area contributed by atoms with Crippen molar-refractivity contribution in [2.45, 2.75) is 44.9 Å². The van der Waals surface area contributed by atoms with E-state index in [-0.39, 0.29) is 0 Å². The Morgan fingerprint density at radius 1 is 1.09 bits per heavy atom. The molecule has 0 aromatic rings. The predicted octanol–water partition coefficient (Wildman–Crippen LogP) is 3.43. The van der Waals surface area contributed by atoms with E-state index in [1.165, 1.54) is 25.7 Å². The van der Waals surface area contributed by atoms with Gasteiger partial charge in [-0.3, -0.25) is 0 Å². The Balaban J connectivity index is 2.80. The Labute approximate surface area is 69.7 Å². The third-order valence-corrected chi connectivity index (χ3v) is 1.70. The standard InChI is InChI=1S/C10H17N/c1-2-3-4-5-6-7-8-9-10-11/h2H,1,3-9H2. The van der Waals surface area contributed by atoms with Crippen LogP contribution in [0.2, 0.25) is 0 Å². The Morgan fingerprint density at radius 2 is 1.73 bits per heavy atom. The van der Waals surface area contributed by atoms with Crippen LogP contribution in [0.4, 0.5) is 0 Å². The van der Waals surface area contributed by atoms with Crippen molar-refractivity contribution in [3.63, 3.8) is 0 Å². The normalized spacial score (nSPS) is 9.00. The molecule has 0 bridgehead atoms. The lowest BCUT2D eigenvalue weighted by atomic mass is 10.1. The second-order valence-electron chi connectivity index (χ2n) is 2.75. The molecule has 0 rings (SSSR count). The summed E-state index contributed by atoms with van der Waals surface area (Å²) < 4.78 is 0. The number of hydrogen-bond donors (Lipinski definition) is 0. The Kier molecular flexibility index (Phi) is 8.58. The molecule has 0 aliphatic carbocycles. The van der Waals surface area contributed by atoms with Gasteiger partial charge in [0.15, 0.2) is 0 Å². The zero-order valence-corrected chi connectivity index (χ0v) is 7.18. The van der Waals surface area contributed by atoms with Gasteiger partial charge in [0.25, 0.3) is 0 Å². The summed E-state index contributed by atoms with van der Waals surface area (Å²) in [5, 5.41) is 8.24. The summed E-state index contributed by atoms with van der Waals surface area (Å²) in [6.45, 7) is 3.66. The average molecular weight is 151 g/mol. The second kappa shape index (κ2) is 9.23. The monoisotopic (exact) mass is 151 g/mol. The van der Waals surface area contributed by atoms with Crippen LogP contribution in [0.5, 0.6) is 0 Å². The van der Waals surface area contributed by atoms with E-state index in [4.69, 9.17) is 5.26 Å². The summed E-state index contributed by atoms with van der Waals surface area (Å²) in [5.74, 6) is 0. The minimum Gasteiger partial charge on any atom is -0.198 e. The van der Waals surface area contributed by atoms with Gasteiger partial charge in [-0.15, -0.1) is 6.58 Å². The lowest BCUT2D eigenvalue weighted by Crippen LogP contribution is -1.77. The van der Waals surface area contributed by atoms with Gasteiger partial charge in [-0.25, -0.2) is 0 Å². The van der Waals surface area contributed by atoms with Gasteiger partial charge in [0.05, 0.1) is 6.07 Å². The lowest BCUT2D eigenvalue weighted by Gasteiger charge is -1.95. The van der Waals surface area contributed by atoms with Gasteiger partial charge in [0.2, 0.25) is 0 Å². The van der Waals surface area contributed by atoms with Crippen molar-refractivity contribution in [2.75, 3.05) is 0 Å². The topological polar surface area (TPSA) is 23.8 Å². The van der Waals surface area contributed by atoms with Crippen LogP contribution in [0.3, 0.4) is 0 Å². The maximum atomic E-state index is 8.24. The molecule has 0 radical (unpaired) electrons. The van der Waals surface area contributed by atoms with Crippen LogP contribution in [0.15, 0.2) is 12.7 Å². The van der Waals surface area contributed by atoms with Crippen LogP contribution in [0.25, 0.3) is 0 Å². The third kappa shape index (κ3) is 9.23. The van der Waals surface area contributed by atoms with Crippen molar-refractivity contribution in [3.8, 4) is 6.07 Å². The highest BCUT2D eigenvalue weighted by Crippen LogP contribution is 2.06. The van der Waals surface area contributed by atoms with Gasteiger partial charge in [0, 0.05) is 6.42 Å². The smallest absolute Gasteiger partial charge is 0.0621 e. The third-order valence-electron chi connectivity index (χ3n) is 1.70. The molecule has 0 unspecified atom stereocenters. The molecule has 0 fully saturated rings. The number of nitriles is 1. The summed E-state index contributed by atoms with van der Waals surface area (Å²) in [7, 11) is 0. The summed E-state index contributed by atoms with van der Waals surface area (Å²) in [6, 6.07) is 2.15. The predicted molar refractivity (Wildman–Crippen MR) is 48.1 cm³/mol. The minimum absolute atomic E-state index is 0.724. The fraction of sp³-hybridized carbons (Fsp3) is 0.700. The minimum atomic E-state index is 0.724. The molecule has 0 spiro atoms. The Morgan fingerprint density at radius 3 is 2.36 bits per heavy atom. The highest BCUT2D eigenvalue weighted by atomic mass is 14.2. The number of allylic oxidation sites excluding steroid dienone is 1. The first kappa shape index (κ1) is 10.2. The van der Waals surface area contributed by atoms with Crippen LogP contribution >= 0.6 is 0 Å². The molecule has 0 saturated carbocycles. The molecule has 0 N–H and O–H groups in total. The van der Waals surface area contributed by atoms with E-state index in [9.17, 15) is 0 Å². The quantitative estimate of drug-likeness (QED) is 0.404. The van der Waals surface area contributed by atoms with Crippen LogP contribution in [0.1, 0.15) is 44.9 Å². The zero-order valence-electron chi connectivity index (χ0n) is 7.18. The van der Waals surface area contributed by atoms with E-state index in [0.29, 0.717) is 0 Å². The molecule has 0 heterocycles. The molecule has 11 heavy (non-hydrogen) atoms. The lowest BCUT2D eigenvalue weighted by molar-refractivity contribution is 0.624. The second-order valence-corrected chi connectivity index (χ2v) is 2.75. The molecule has 1 nitrogen and oxygen atoms in total. The van der Waals surface area contributed by atoms with Crippen molar-refractivity contribution < 1.29 is 0 Å². The van der Waals surface area contributed by atoms with Crippen LogP contribution in [-0.4, -0.2) is 0 Å². The molecule has 0 aromatic heterocycles. The summed E-state index contributed by atoms with van der Waals surface area (Å²) in [5.41, 5.74) is 0. The van der Waals surface area contributed by atoms with Crippen molar-refractivity contribution >= 4 is 0 Å². The Hall–Kier alpha value is -0.770. The number of nitrogens with zero attached hydrogens (tertiary/aromatic N) is 1. The van der Waals surface area contributed by atoms with Gasteiger partial charge in [-0.1, -0.05) is 25.3 Å². The molecule has 0 aliphatic heterocycles. The van der Waals surface area contributed by atoms with Crippen molar-refractivity contribution in [2.24, 2.45) is 0 Å². The SMILES string of the molecule is C=CCCCCCCCC#N. The summed E-state index contributed by atoms with van der Waals surface area (Å²) >= 11 is 0. The number of unbranched alkanes of at least 4 members (excludes halogenated alkanes) is 6. The van der Waals surface area contributed by atoms with E-state index >= 15 is 0 Å². The maximum Gasteiger partial charge on any atom is 0.0621 e.